The zero-order valence-electron chi connectivity index (χ0n) is 10.6. The Morgan fingerprint density at radius 2 is 1.80 bits per heavy atom. The molecule has 0 aromatic rings. The number of nitrogens with zero attached hydrogens (tertiary/aromatic N) is 1. The number of alkyl halides is 1. The molecule has 1 aliphatic heterocycles. The lowest BCUT2D eigenvalue weighted by Crippen LogP contribution is -2.38. The predicted molar refractivity (Wildman–Crippen MR) is 71.6 cm³/mol. The van der Waals surface area contributed by atoms with E-state index < -0.39 is 0 Å². The molecule has 0 saturated carbocycles. The summed E-state index contributed by atoms with van der Waals surface area (Å²) in [5.74, 6) is 0.874. The second-order valence-electron chi connectivity index (χ2n) is 5.88. The van der Waals surface area contributed by atoms with Crippen LogP contribution in [0.4, 0.5) is 0 Å². The normalized spacial score (nSPS) is 24.0. The minimum Gasteiger partial charge on any atom is -0.303 e. The standard InChI is InChI=1S/C13H26BrN/c1-12(4-8-14)5-9-15-10-6-13(2,3)7-11-15/h12H,4-11H2,1-3H3. The number of halogens is 1. The zero-order valence-corrected chi connectivity index (χ0v) is 12.1. The van der Waals surface area contributed by atoms with E-state index in [4.69, 9.17) is 0 Å². The molecule has 2 heteroatoms. The van der Waals surface area contributed by atoms with Gasteiger partial charge in [-0.1, -0.05) is 36.7 Å². The van der Waals surface area contributed by atoms with Gasteiger partial charge in [-0.25, -0.2) is 0 Å². The van der Waals surface area contributed by atoms with Crippen LogP contribution in [0.1, 0.15) is 46.5 Å². The molecule has 1 fully saturated rings. The molecule has 0 radical (unpaired) electrons. The lowest BCUT2D eigenvalue weighted by molar-refractivity contribution is 0.127. The van der Waals surface area contributed by atoms with Crippen LogP contribution in [0.2, 0.25) is 0 Å². The first-order chi connectivity index (χ1) is 7.03. The lowest BCUT2D eigenvalue weighted by Gasteiger charge is -2.37. The zero-order chi connectivity index (χ0) is 11.3. The third-order valence-corrected chi connectivity index (χ3v) is 4.21. The van der Waals surface area contributed by atoms with Crippen LogP contribution in [0.5, 0.6) is 0 Å². The first kappa shape index (κ1) is 13.5. The molecular weight excluding hydrogens is 250 g/mol. The molecule has 1 nitrogen and oxygen atoms in total. The second-order valence-corrected chi connectivity index (χ2v) is 6.67. The number of likely N-dealkylation sites (tertiary alicyclic amines) is 1. The van der Waals surface area contributed by atoms with Crippen molar-refractivity contribution in [1.82, 2.24) is 4.90 Å². The largest absolute Gasteiger partial charge is 0.303 e. The summed E-state index contributed by atoms with van der Waals surface area (Å²) in [4.78, 5) is 2.65. The number of hydrogen-bond acceptors (Lipinski definition) is 1. The first-order valence-corrected chi connectivity index (χ1v) is 7.44. The van der Waals surface area contributed by atoms with Crippen LogP contribution in [-0.4, -0.2) is 29.9 Å². The van der Waals surface area contributed by atoms with Gasteiger partial charge in [0.25, 0.3) is 0 Å². The molecule has 1 saturated heterocycles. The Morgan fingerprint density at radius 3 is 2.33 bits per heavy atom. The predicted octanol–water partition coefficient (Wildman–Crippen LogP) is 3.92. The van der Waals surface area contributed by atoms with E-state index in [1.54, 1.807) is 0 Å². The smallest absolute Gasteiger partial charge is 0.00338 e. The Balaban J connectivity index is 2.13. The van der Waals surface area contributed by atoms with Crippen molar-refractivity contribution in [2.24, 2.45) is 11.3 Å². The molecule has 15 heavy (non-hydrogen) atoms. The highest BCUT2D eigenvalue weighted by Gasteiger charge is 2.24. The maximum atomic E-state index is 3.52. The molecule has 1 heterocycles. The molecule has 1 atom stereocenters. The molecule has 0 aromatic heterocycles. The van der Waals surface area contributed by atoms with Crippen molar-refractivity contribution in [3.63, 3.8) is 0 Å². The van der Waals surface area contributed by atoms with Gasteiger partial charge in [0.15, 0.2) is 0 Å². The highest BCUT2D eigenvalue weighted by Crippen LogP contribution is 2.29. The quantitative estimate of drug-likeness (QED) is 0.688. The van der Waals surface area contributed by atoms with E-state index in [0.717, 1.165) is 11.2 Å². The molecule has 1 rings (SSSR count). The second kappa shape index (κ2) is 6.24. The Kier molecular flexibility index (Phi) is 5.62. The van der Waals surface area contributed by atoms with Crippen LogP contribution in [0.15, 0.2) is 0 Å². The van der Waals surface area contributed by atoms with Crippen LogP contribution in [-0.2, 0) is 0 Å². The van der Waals surface area contributed by atoms with Gasteiger partial charge in [0.2, 0.25) is 0 Å². The van der Waals surface area contributed by atoms with Gasteiger partial charge in [0.1, 0.15) is 0 Å². The van der Waals surface area contributed by atoms with Crippen LogP contribution in [0.25, 0.3) is 0 Å². The maximum absolute atomic E-state index is 3.52. The van der Waals surface area contributed by atoms with Gasteiger partial charge < -0.3 is 4.90 Å². The summed E-state index contributed by atoms with van der Waals surface area (Å²) >= 11 is 3.52. The fourth-order valence-corrected chi connectivity index (χ4v) is 2.90. The summed E-state index contributed by atoms with van der Waals surface area (Å²) in [5, 5.41) is 1.15. The summed E-state index contributed by atoms with van der Waals surface area (Å²) in [5.41, 5.74) is 0.595. The SMILES string of the molecule is CC(CCBr)CCN1CCC(C)(C)CC1. The van der Waals surface area contributed by atoms with Gasteiger partial charge in [-0.2, -0.15) is 0 Å². The van der Waals surface area contributed by atoms with Gasteiger partial charge in [-0.05, 0) is 56.7 Å². The van der Waals surface area contributed by atoms with Gasteiger partial charge in [-0.15, -0.1) is 0 Å². The molecule has 90 valence electrons. The molecule has 1 unspecified atom stereocenters. The van der Waals surface area contributed by atoms with E-state index in [2.05, 4.69) is 41.6 Å². The van der Waals surface area contributed by atoms with Crippen molar-refractivity contribution in [3.8, 4) is 0 Å². The molecule has 0 spiro atoms. The third kappa shape index (κ3) is 5.35. The molecule has 0 aliphatic carbocycles. The third-order valence-electron chi connectivity index (χ3n) is 3.75. The van der Waals surface area contributed by atoms with Crippen molar-refractivity contribution >= 4 is 15.9 Å². The van der Waals surface area contributed by atoms with Gasteiger partial charge >= 0.3 is 0 Å². The topological polar surface area (TPSA) is 3.24 Å². The van der Waals surface area contributed by atoms with E-state index in [0.29, 0.717) is 5.41 Å². The van der Waals surface area contributed by atoms with Crippen molar-refractivity contribution in [3.05, 3.63) is 0 Å². The van der Waals surface area contributed by atoms with Crippen molar-refractivity contribution < 1.29 is 0 Å². The summed E-state index contributed by atoms with van der Waals surface area (Å²) < 4.78 is 0. The number of hydrogen-bond donors (Lipinski definition) is 0. The molecule has 0 N–H and O–H groups in total. The molecule has 1 aliphatic rings. The Bertz CT molecular complexity index is 169. The van der Waals surface area contributed by atoms with E-state index in [-0.39, 0.29) is 0 Å². The Hall–Kier alpha value is 0.440. The van der Waals surface area contributed by atoms with Gasteiger partial charge in [-0.3, -0.25) is 0 Å². The fourth-order valence-electron chi connectivity index (χ4n) is 2.12. The van der Waals surface area contributed by atoms with E-state index in [1.807, 2.05) is 0 Å². The Morgan fingerprint density at radius 1 is 1.20 bits per heavy atom. The molecule has 0 bridgehead atoms. The highest BCUT2D eigenvalue weighted by molar-refractivity contribution is 9.09. The lowest BCUT2D eigenvalue weighted by atomic mass is 9.82. The minimum absolute atomic E-state index is 0.595. The number of rotatable bonds is 5. The van der Waals surface area contributed by atoms with E-state index >= 15 is 0 Å². The molecular formula is C13H26BrN. The van der Waals surface area contributed by atoms with Gasteiger partial charge in [0.05, 0.1) is 0 Å². The van der Waals surface area contributed by atoms with E-state index in [9.17, 15) is 0 Å². The van der Waals surface area contributed by atoms with Crippen molar-refractivity contribution in [2.45, 2.75) is 46.5 Å². The summed E-state index contributed by atoms with van der Waals surface area (Å²) in [6, 6.07) is 0. The molecule has 0 amide bonds. The van der Waals surface area contributed by atoms with Crippen LogP contribution in [0, 0.1) is 11.3 Å². The summed E-state index contributed by atoms with van der Waals surface area (Å²) in [6.07, 6.45) is 5.44. The average molecular weight is 276 g/mol. The Labute approximate surface area is 104 Å². The summed E-state index contributed by atoms with van der Waals surface area (Å²) in [6.45, 7) is 11.1. The summed E-state index contributed by atoms with van der Waals surface area (Å²) in [7, 11) is 0. The highest BCUT2D eigenvalue weighted by atomic mass is 79.9. The monoisotopic (exact) mass is 275 g/mol. The van der Waals surface area contributed by atoms with Crippen LogP contribution < -0.4 is 0 Å². The first-order valence-electron chi connectivity index (χ1n) is 6.32. The fraction of sp³-hybridized carbons (Fsp3) is 1.00. The molecule has 0 aromatic carbocycles. The van der Waals surface area contributed by atoms with Crippen LogP contribution in [0.3, 0.4) is 0 Å². The van der Waals surface area contributed by atoms with Crippen molar-refractivity contribution in [2.75, 3.05) is 25.0 Å². The maximum Gasteiger partial charge on any atom is 0.00338 e. The minimum atomic E-state index is 0.595. The van der Waals surface area contributed by atoms with Gasteiger partial charge in [0, 0.05) is 5.33 Å². The van der Waals surface area contributed by atoms with Crippen LogP contribution >= 0.6 is 15.9 Å². The van der Waals surface area contributed by atoms with Crippen molar-refractivity contribution in [1.29, 1.82) is 0 Å². The average Bonchev–Trinajstić information content (AvgIpc) is 2.17. The van der Waals surface area contributed by atoms with E-state index in [1.165, 1.54) is 45.3 Å². The number of piperidine rings is 1.